The predicted octanol–water partition coefficient (Wildman–Crippen LogP) is 6.43. The van der Waals surface area contributed by atoms with Crippen LogP contribution in [-0.4, -0.2) is 49.2 Å². The molecule has 0 spiro atoms. The van der Waals surface area contributed by atoms with Gasteiger partial charge in [-0.2, -0.15) is 0 Å². The van der Waals surface area contributed by atoms with E-state index in [9.17, 15) is 9.59 Å². The first-order chi connectivity index (χ1) is 22.0. The molecule has 1 unspecified atom stereocenters. The van der Waals surface area contributed by atoms with Gasteiger partial charge in [0.15, 0.2) is 5.82 Å². The summed E-state index contributed by atoms with van der Waals surface area (Å²) >= 11 is 5.96. The lowest BCUT2D eigenvalue weighted by Gasteiger charge is -2.37. The van der Waals surface area contributed by atoms with Crippen molar-refractivity contribution in [3.05, 3.63) is 155 Å². The predicted molar refractivity (Wildman–Crippen MR) is 176 cm³/mol. The molecule has 0 saturated carbocycles. The molecule has 2 amide bonds. The van der Waals surface area contributed by atoms with E-state index in [1.807, 2.05) is 71.6 Å². The van der Waals surface area contributed by atoms with Gasteiger partial charge >= 0.3 is 0 Å². The molecule has 6 rings (SSSR count). The van der Waals surface area contributed by atoms with Gasteiger partial charge in [-0.3, -0.25) is 9.59 Å². The molecule has 7 nitrogen and oxygen atoms in total. The summed E-state index contributed by atoms with van der Waals surface area (Å²) in [6.07, 6.45) is 9.40. The van der Waals surface area contributed by atoms with Gasteiger partial charge in [-0.25, -0.2) is 15.0 Å². The SMILES string of the molecule is O=C(C(Cc1ccccc1)N(Cc1ccc(-c2ncccn2)cc1)C(=O)C=Cc1ccc(Cl)nc1)N1CCc2ccccc2C1. The van der Waals surface area contributed by atoms with Crippen LogP contribution in [0.4, 0.5) is 0 Å². The van der Waals surface area contributed by atoms with Gasteiger partial charge in [-0.1, -0.05) is 96.5 Å². The number of rotatable bonds is 9. The Hall–Kier alpha value is -5.14. The molecule has 0 N–H and O–H groups in total. The molecular weight excluding hydrogens is 582 g/mol. The first kappa shape index (κ1) is 29.9. The summed E-state index contributed by atoms with van der Waals surface area (Å²) < 4.78 is 0. The summed E-state index contributed by atoms with van der Waals surface area (Å²) in [4.78, 5) is 44.9. The minimum Gasteiger partial charge on any atom is -0.336 e. The van der Waals surface area contributed by atoms with Crippen molar-refractivity contribution in [2.45, 2.75) is 32.0 Å². The highest BCUT2D eigenvalue weighted by Gasteiger charge is 2.34. The number of pyridine rings is 1. The van der Waals surface area contributed by atoms with Crippen LogP contribution in [0.3, 0.4) is 0 Å². The van der Waals surface area contributed by atoms with Crippen LogP contribution in [0, 0.1) is 0 Å². The standard InChI is InChI=1S/C37H32ClN5O2/c38-34-17-13-28(24-41-34)14-18-35(44)43(25-29-11-15-31(16-12-29)36-39-20-6-21-40-36)33(23-27-7-2-1-3-8-27)37(45)42-22-19-30-9-4-5-10-32(30)26-42/h1-18,20-21,24,33H,19,22-23,25-26H2. The Balaban J connectivity index is 1.34. The van der Waals surface area contributed by atoms with Gasteiger partial charge in [0, 0.05) is 56.3 Å². The van der Waals surface area contributed by atoms with Crippen molar-refractivity contribution < 1.29 is 9.59 Å². The molecule has 1 aliphatic heterocycles. The maximum Gasteiger partial charge on any atom is 0.247 e. The monoisotopic (exact) mass is 613 g/mol. The van der Waals surface area contributed by atoms with Gasteiger partial charge in [0.25, 0.3) is 0 Å². The highest BCUT2D eigenvalue weighted by atomic mass is 35.5. The maximum absolute atomic E-state index is 14.5. The van der Waals surface area contributed by atoms with Crippen molar-refractivity contribution in [3.63, 3.8) is 0 Å². The molecule has 5 aromatic rings. The van der Waals surface area contributed by atoms with Crippen molar-refractivity contribution in [1.29, 1.82) is 0 Å². The molecule has 0 radical (unpaired) electrons. The van der Waals surface area contributed by atoms with E-state index in [4.69, 9.17) is 11.6 Å². The van der Waals surface area contributed by atoms with Crippen LogP contribution in [0.1, 0.15) is 27.8 Å². The molecular formula is C37H32ClN5O2. The lowest BCUT2D eigenvalue weighted by molar-refractivity contribution is -0.144. The first-order valence-corrected chi connectivity index (χ1v) is 15.3. The third kappa shape index (κ3) is 7.51. The molecule has 2 aromatic heterocycles. The quantitative estimate of drug-likeness (QED) is 0.141. The largest absolute Gasteiger partial charge is 0.336 e. The van der Waals surface area contributed by atoms with E-state index in [-0.39, 0.29) is 18.4 Å². The minimum absolute atomic E-state index is 0.0717. The van der Waals surface area contributed by atoms with E-state index < -0.39 is 6.04 Å². The average molecular weight is 614 g/mol. The molecule has 1 aliphatic rings. The Morgan fingerprint density at radius 2 is 1.56 bits per heavy atom. The van der Waals surface area contributed by atoms with Gasteiger partial charge in [-0.05, 0) is 52.4 Å². The van der Waals surface area contributed by atoms with E-state index in [1.165, 1.54) is 11.6 Å². The summed E-state index contributed by atoms with van der Waals surface area (Å²) in [5.41, 5.74) is 5.88. The van der Waals surface area contributed by atoms with E-state index in [0.717, 1.165) is 34.2 Å². The number of hydrogen-bond acceptors (Lipinski definition) is 5. The minimum atomic E-state index is -0.727. The summed E-state index contributed by atoms with van der Waals surface area (Å²) in [6, 6.07) is 30.4. The lowest BCUT2D eigenvalue weighted by atomic mass is 9.97. The molecule has 3 heterocycles. The second-order valence-corrected chi connectivity index (χ2v) is 11.4. The molecule has 1 atom stereocenters. The number of benzene rings is 3. The van der Waals surface area contributed by atoms with E-state index >= 15 is 0 Å². The third-order valence-corrected chi connectivity index (χ3v) is 8.18. The fraction of sp³-hybridized carbons (Fsp3) is 0.162. The van der Waals surface area contributed by atoms with E-state index in [0.29, 0.717) is 30.5 Å². The average Bonchev–Trinajstić information content (AvgIpc) is 3.10. The van der Waals surface area contributed by atoms with Crippen LogP contribution in [0.2, 0.25) is 5.15 Å². The number of hydrogen-bond donors (Lipinski definition) is 0. The molecule has 3 aromatic carbocycles. The second-order valence-electron chi connectivity index (χ2n) is 11.0. The van der Waals surface area contributed by atoms with Crippen LogP contribution in [0.5, 0.6) is 0 Å². The highest BCUT2D eigenvalue weighted by molar-refractivity contribution is 6.29. The lowest BCUT2D eigenvalue weighted by Crippen LogP contribution is -2.52. The molecule has 8 heteroatoms. The molecule has 224 valence electrons. The summed E-state index contributed by atoms with van der Waals surface area (Å²) in [5, 5.41) is 0.376. The van der Waals surface area contributed by atoms with Crippen LogP contribution in [-0.2, 0) is 35.5 Å². The number of halogens is 1. The molecule has 0 aliphatic carbocycles. The number of aromatic nitrogens is 3. The Morgan fingerprint density at radius 3 is 2.29 bits per heavy atom. The van der Waals surface area contributed by atoms with Crippen molar-refractivity contribution in [2.75, 3.05) is 6.54 Å². The third-order valence-electron chi connectivity index (χ3n) is 7.96. The number of nitrogens with zero attached hydrogens (tertiary/aromatic N) is 5. The van der Waals surface area contributed by atoms with Crippen LogP contribution < -0.4 is 0 Å². The Morgan fingerprint density at radius 1 is 0.822 bits per heavy atom. The van der Waals surface area contributed by atoms with E-state index in [1.54, 1.807) is 47.8 Å². The smallest absolute Gasteiger partial charge is 0.247 e. The van der Waals surface area contributed by atoms with E-state index in [2.05, 4.69) is 27.1 Å². The number of carbonyl (C=O) groups is 2. The molecule has 0 bridgehead atoms. The fourth-order valence-corrected chi connectivity index (χ4v) is 5.67. The molecule has 45 heavy (non-hydrogen) atoms. The van der Waals surface area contributed by atoms with Crippen molar-refractivity contribution >= 4 is 29.5 Å². The van der Waals surface area contributed by atoms with Gasteiger partial charge < -0.3 is 9.80 Å². The molecule has 0 fully saturated rings. The normalized spacial score (nSPS) is 13.3. The molecule has 0 saturated heterocycles. The summed E-state index contributed by atoms with van der Waals surface area (Å²) in [7, 11) is 0. The Bertz CT molecular complexity index is 1780. The maximum atomic E-state index is 14.5. The summed E-state index contributed by atoms with van der Waals surface area (Å²) in [6.45, 7) is 1.35. The van der Waals surface area contributed by atoms with Gasteiger partial charge in [0.2, 0.25) is 11.8 Å². The van der Waals surface area contributed by atoms with Gasteiger partial charge in [-0.15, -0.1) is 0 Å². The zero-order valence-corrected chi connectivity index (χ0v) is 25.4. The zero-order valence-electron chi connectivity index (χ0n) is 24.7. The number of amides is 2. The van der Waals surface area contributed by atoms with Crippen molar-refractivity contribution in [2.24, 2.45) is 0 Å². The van der Waals surface area contributed by atoms with Crippen molar-refractivity contribution in [3.8, 4) is 11.4 Å². The Kier molecular flexibility index (Phi) is 9.37. The van der Waals surface area contributed by atoms with Crippen molar-refractivity contribution in [1.82, 2.24) is 24.8 Å². The second kappa shape index (κ2) is 14.1. The highest BCUT2D eigenvalue weighted by Crippen LogP contribution is 2.24. The van der Waals surface area contributed by atoms with Gasteiger partial charge in [0.05, 0.1) is 0 Å². The Labute approximate surface area is 267 Å². The zero-order chi connectivity index (χ0) is 31.0. The topological polar surface area (TPSA) is 79.3 Å². The van der Waals surface area contributed by atoms with Crippen LogP contribution >= 0.6 is 11.6 Å². The number of carbonyl (C=O) groups excluding carboxylic acids is 2. The first-order valence-electron chi connectivity index (χ1n) is 14.9. The van der Waals surface area contributed by atoms with Gasteiger partial charge in [0.1, 0.15) is 11.2 Å². The fourth-order valence-electron chi connectivity index (χ4n) is 5.56. The number of fused-ring (bicyclic) bond motifs is 1. The van der Waals surface area contributed by atoms with Crippen LogP contribution in [0.25, 0.3) is 17.5 Å². The van der Waals surface area contributed by atoms with Crippen LogP contribution in [0.15, 0.2) is 122 Å². The summed E-state index contributed by atoms with van der Waals surface area (Å²) in [5.74, 6) is 0.281.